The van der Waals surface area contributed by atoms with Crippen LogP contribution in [0.5, 0.6) is 0 Å². The molecular weight excluding hydrogens is 456 g/mol. The van der Waals surface area contributed by atoms with Gasteiger partial charge in [0.25, 0.3) is 0 Å². The highest BCUT2D eigenvalue weighted by atomic mass is 16.5. The first kappa shape index (κ1) is 24.8. The van der Waals surface area contributed by atoms with Gasteiger partial charge in [-0.05, 0) is 58.2 Å². The normalized spacial score (nSPS) is 29.0. The number of benzene rings is 1. The first-order valence-corrected chi connectivity index (χ1v) is 13.0. The Morgan fingerprint density at radius 3 is 2.39 bits per heavy atom. The number of carbonyl (C=O) groups excluding carboxylic acids is 2. The average Bonchev–Trinajstić information content (AvgIpc) is 3.24. The number of hydrogen-bond acceptors (Lipinski definition) is 6. The van der Waals surface area contributed by atoms with Crippen LogP contribution in [0.2, 0.25) is 0 Å². The van der Waals surface area contributed by atoms with Crippen molar-refractivity contribution in [1.82, 2.24) is 25.3 Å². The Hall–Kier alpha value is -2.91. The van der Waals surface area contributed by atoms with Crippen LogP contribution >= 0.6 is 0 Å². The Labute approximate surface area is 213 Å². The summed E-state index contributed by atoms with van der Waals surface area (Å²) >= 11 is 0. The lowest BCUT2D eigenvalue weighted by Crippen LogP contribution is -2.54. The molecule has 3 amide bonds. The third-order valence-electron chi connectivity index (χ3n) is 8.61. The SMILES string of the molecule is CN(C(=O)C1CCOCC1)C1=NC=C(N2C[C@]3(CC[C@](c4ccccc4)(N(C)C)CC3)NC2=O)CN1. The Kier molecular flexibility index (Phi) is 6.78. The smallest absolute Gasteiger partial charge is 0.322 e. The Morgan fingerprint density at radius 1 is 1.08 bits per heavy atom. The van der Waals surface area contributed by atoms with Gasteiger partial charge in [0.05, 0.1) is 30.5 Å². The van der Waals surface area contributed by atoms with Crippen LogP contribution in [0.4, 0.5) is 4.79 Å². The van der Waals surface area contributed by atoms with E-state index in [4.69, 9.17) is 4.74 Å². The average molecular weight is 495 g/mol. The molecular formula is C27H38N6O3. The summed E-state index contributed by atoms with van der Waals surface area (Å²) in [7, 11) is 6.07. The maximum Gasteiger partial charge on any atom is 0.322 e. The summed E-state index contributed by atoms with van der Waals surface area (Å²) in [6.45, 7) is 2.35. The Bertz CT molecular complexity index is 1040. The first-order valence-electron chi connectivity index (χ1n) is 13.0. The number of carbonyl (C=O) groups is 2. The highest BCUT2D eigenvalue weighted by Gasteiger charge is 2.50. The summed E-state index contributed by atoms with van der Waals surface area (Å²) in [6.07, 6.45) is 7.02. The van der Waals surface area contributed by atoms with Gasteiger partial charge in [0.15, 0.2) is 0 Å². The molecule has 0 atom stereocenters. The molecule has 9 heteroatoms. The van der Waals surface area contributed by atoms with Crippen LogP contribution < -0.4 is 10.6 Å². The third kappa shape index (κ3) is 4.50. The van der Waals surface area contributed by atoms with Crippen molar-refractivity contribution in [2.75, 3.05) is 47.4 Å². The summed E-state index contributed by atoms with van der Waals surface area (Å²) in [4.78, 5) is 36.2. The first-order chi connectivity index (χ1) is 17.3. The molecule has 0 aromatic heterocycles. The van der Waals surface area contributed by atoms with Gasteiger partial charge in [0, 0.05) is 31.7 Å². The van der Waals surface area contributed by atoms with Crippen LogP contribution in [0.15, 0.2) is 47.2 Å². The lowest BCUT2D eigenvalue weighted by molar-refractivity contribution is -0.133. The lowest BCUT2D eigenvalue weighted by atomic mass is 9.69. The van der Waals surface area contributed by atoms with Crippen molar-refractivity contribution < 1.29 is 14.3 Å². The molecule has 1 aromatic carbocycles. The van der Waals surface area contributed by atoms with Crippen LogP contribution in [0.25, 0.3) is 0 Å². The molecule has 0 bridgehead atoms. The maximum atomic E-state index is 13.1. The van der Waals surface area contributed by atoms with E-state index < -0.39 is 0 Å². The molecule has 194 valence electrons. The quantitative estimate of drug-likeness (QED) is 0.671. The van der Waals surface area contributed by atoms with Gasteiger partial charge in [-0.25, -0.2) is 9.79 Å². The number of nitrogens with one attached hydrogen (secondary N) is 2. The monoisotopic (exact) mass is 494 g/mol. The number of hydrogen-bond donors (Lipinski definition) is 2. The van der Waals surface area contributed by atoms with Gasteiger partial charge >= 0.3 is 6.03 Å². The molecule has 5 rings (SSSR count). The highest BCUT2D eigenvalue weighted by Crippen LogP contribution is 2.46. The molecule has 1 saturated carbocycles. The molecule has 2 N–H and O–H groups in total. The largest absolute Gasteiger partial charge is 0.381 e. The van der Waals surface area contributed by atoms with Crippen molar-refractivity contribution in [3.63, 3.8) is 0 Å². The summed E-state index contributed by atoms with van der Waals surface area (Å²) in [5, 5.41) is 6.57. The van der Waals surface area contributed by atoms with E-state index in [1.165, 1.54) is 5.56 Å². The molecule has 36 heavy (non-hydrogen) atoms. The van der Waals surface area contributed by atoms with Crippen LogP contribution in [0.1, 0.15) is 44.1 Å². The van der Waals surface area contributed by atoms with Gasteiger partial charge in [-0.1, -0.05) is 30.3 Å². The van der Waals surface area contributed by atoms with Crippen molar-refractivity contribution >= 4 is 17.9 Å². The molecule has 9 nitrogen and oxygen atoms in total. The van der Waals surface area contributed by atoms with Crippen LogP contribution in [0, 0.1) is 5.92 Å². The molecule has 3 fully saturated rings. The van der Waals surface area contributed by atoms with Crippen LogP contribution in [0.3, 0.4) is 0 Å². The molecule has 1 aliphatic carbocycles. The molecule has 3 heterocycles. The predicted molar refractivity (Wildman–Crippen MR) is 138 cm³/mol. The summed E-state index contributed by atoms with van der Waals surface area (Å²) in [6, 6.07) is 10.6. The number of aliphatic imine (C=N–C) groups is 1. The second-order valence-electron chi connectivity index (χ2n) is 10.8. The van der Waals surface area contributed by atoms with Crippen molar-refractivity contribution in [1.29, 1.82) is 0 Å². The minimum atomic E-state index is -0.230. The van der Waals surface area contributed by atoms with Crippen molar-refractivity contribution in [2.45, 2.75) is 49.6 Å². The fourth-order valence-electron chi connectivity index (χ4n) is 6.20. The summed E-state index contributed by atoms with van der Waals surface area (Å²) in [5.74, 6) is 0.560. The van der Waals surface area contributed by atoms with Gasteiger partial charge in [-0.2, -0.15) is 0 Å². The topological polar surface area (TPSA) is 89.5 Å². The van der Waals surface area contributed by atoms with Gasteiger partial charge in [0.2, 0.25) is 11.9 Å². The third-order valence-corrected chi connectivity index (χ3v) is 8.61. The number of guanidine groups is 1. The number of urea groups is 1. The van der Waals surface area contributed by atoms with E-state index in [1.807, 2.05) is 4.90 Å². The van der Waals surface area contributed by atoms with Crippen LogP contribution in [-0.2, 0) is 15.1 Å². The maximum absolute atomic E-state index is 13.1. The molecule has 0 unspecified atom stereocenters. The number of amides is 3. The Morgan fingerprint density at radius 2 is 1.78 bits per heavy atom. The van der Waals surface area contributed by atoms with E-state index in [9.17, 15) is 9.59 Å². The predicted octanol–water partition coefficient (Wildman–Crippen LogP) is 2.47. The highest BCUT2D eigenvalue weighted by molar-refractivity contribution is 5.98. The molecule has 3 aliphatic heterocycles. The number of nitrogens with zero attached hydrogens (tertiary/aromatic N) is 4. The number of rotatable bonds is 4. The number of ether oxygens (including phenoxy) is 1. The lowest BCUT2D eigenvalue weighted by Gasteiger charge is -2.48. The summed E-state index contributed by atoms with van der Waals surface area (Å²) in [5.41, 5.74) is 1.92. The van der Waals surface area contributed by atoms with Gasteiger partial charge in [-0.15, -0.1) is 0 Å². The van der Waals surface area contributed by atoms with Gasteiger partial charge in [0.1, 0.15) is 0 Å². The van der Waals surface area contributed by atoms with Crippen molar-refractivity contribution in [2.24, 2.45) is 10.9 Å². The van der Waals surface area contributed by atoms with E-state index >= 15 is 0 Å². The second kappa shape index (κ2) is 9.86. The zero-order chi connectivity index (χ0) is 25.3. The molecule has 1 spiro atoms. The van der Waals surface area contributed by atoms with Gasteiger partial charge in [-0.3, -0.25) is 19.5 Å². The zero-order valence-corrected chi connectivity index (χ0v) is 21.6. The summed E-state index contributed by atoms with van der Waals surface area (Å²) < 4.78 is 5.38. The van der Waals surface area contributed by atoms with E-state index in [-0.39, 0.29) is 28.9 Å². The molecule has 4 aliphatic rings. The Balaban J connectivity index is 1.25. The molecule has 2 saturated heterocycles. The van der Waals surface area contributed by atoms with Crippen LogP contribution in [-0.4, -0.2) is 85.6 Å². The standard InChI is InChI=1S/C27H38N6O3/c1-31(2)27(21-7-5-4-6-8-21)13-11-26(12-14-27)19-33(25(35)30-26)22-17-28-24(29-18-22)32(3)23(34)20-9-15-36-16-10-20/h4-8,17,20H,9-16,18-19H2,1-3H3,(H,28,29)(H,30,35)/t26-,27+. The fraction of sp³-hybridized carbons (Fsp3) is 0.593. The van der Waals surface area contributed by atoms with E-state index in [0.29, 0.717) is 32.3 Å². The fourth-order valence-corrected chi connectivity index (χ4v) is 6.20. The second-order valence-corrected chi connectivity index (χ2v) is 10.8. The van der Waals surface area contributed by atoms with E-state index in [1.54, 1.807) is 18.1 Å². The zero-order valence-electron chi connectivity index (χ0n) is 21.6. The minimum absolute atomic E-state index is 0.0168. The molecule has 0 radical (unpaired) electrons. The van der Waals surface area contributed by atoms with E-state index in [2.05, 4.69) is 65.0 Å². The van der Waals surface area contributed by atoms with Crippen molar-refractivity contribution in [3.8, 4) is 0 Å². The minimum Gasteiger partial charge on any atom is -0.381 e. The molecule has 1 aromatic rings. The van der Waals surface area contributed by atoms with Gasteiger partial charge < -0.3 is 15.4 Å². The van der Waals surface area contributed by atoms with E-state index in [0.717, 1.165) is 44.2 Å². The van der Waals surface area contributed by atoms with Crippen molar-refractivity contribution in [3.05, 3.63) is 47.8 Å².